The average Bonchev–Trinajstić information content (AvgIpc) is 2.21. The van der Waals surface area contributed by atoms with Crippen LogP contribution in [0.4, 0.5) is 4.39 Å². The van der Waals surface area contributed by atoms with E-state index in [2.05, 4.69) is 0 Å². The predicted octanol–water partition coefficient (Wildman–Crippen LogP) is 1.60. The van der Waals surface area contributed by atoms with E-state index in [1.807, 2.05) is 0 Å². The Hall–Kier alpha value is -1.62. The van der Waals surface area contributed by atoms with Gasteiger partial charge in [-0.25, -0.2) is 4.39 Å². The summed E-state index contributed by atoms with van der Waals surface area (Å²) in [5, 5.41) is 9.06. The Kier molecular flexibility index (Phi) is 3.72. The summed E-state index contributed by atoms with van der Waals surface area (Å²) >= 11 is 5.76. The van der Waals surface area contributed by atoms with Gasteiger partial charge < -0.3 is 10.8 Å². The van der Waals surface area contributed by atoms with Crippen molar-refractivity contribution in [2.24, 2.45) is 11.1 Å². The fourth-order valence-corrected chi connectivity index (χ4v) is 1.55. The highest BCUT2D eigenvalue weighted by Gasteiger charge is 2.40. The lowest BCUT2D eigenvalue weighted by Gasteiger charge is -2.21. The van der Waals surface area contributed by atoms with Gasteiger partial charge in [0, 0.05) is 5.02 Å². The van der Waals surface area contributed by atoms with Crippen LogP contribution < -0.4 is 5.73 Å². The van der Waals surface area contributed by atoms with E-state index in [4.69, 9.17) is 22.4 Å². The molecule has 3 N–H and O–H groups in total. The minimum Gasteiger partial charge on any atom is -0.480 e. The maximum Gasteiger partial charge on any atom is 0.319 e. The van der Waals surface area contributed by atoms with E-state index >= 15 is 0 Å². The van der Waals surface area contributed by atoms with Crippen LogP contribution in [0, 0.1) is 11.2 Å². The standard InChI is InChI=1S/C11H11ClFNO3/c1-11(9(14)15,10(16)17)5-6-2-3-7(13)4-8(6)12/h2-4H,5H2,1H3,(H2,14,15)(H,16,17). The van der Waals surface area contributed by atoms with Crippen molar-refractivity contribution in [1.29, 1.82) is 0 Å². The molecule has 1 atom stereocenters. The summed E-state index contributed by atoms with van der Waals surface area (Å²) in [5.41, 5.74) is 3.66. The molecule has 0 radical (unpaired) electrons. The van der Waals surface area contributed by atoms with E-state index in [-0.39, 0.29) is 11.4 Å². The molecule has 0 saturated carbocycles. The minimum atomic E-state index is -1.76. The smallest absolute Gasteiger partial charge is 0.319 e. The van der Waals surface area contributed by atoms with E-state index in [0.717, 1.165) is 12.1 Å². The van der Waals surface area contributed by atoms with Gasteiger partial charge in [-0.1, -0.05) is 17.7 Å². The van der Waals surface area contributed by atoms with Crippen molar-refractivity contribution >= 4 is 23.5 Å². The highest BCUT2D eigenvalue weighted by molar-refractivity contribution is 6.31. The molecule has 92 valence electrons. The molecule has 0 bridgehead atoms. The molecule has 0 aliphatic carbocycles. The predicted molar refractivity (Wildman–Crippen MR) is 60.1 cm³/mol. The molecular weight excluding hydrogens is 249 g/mol. The number of hydrogen-bond donors (Lipinski definition) is 2. The quantitative estimate of drug-likeness (QED) is 0.806. The van der Waals surface area contributed by atoms with Gasteiger partial charge in [0.1, 0.15) is 11.2 Å². The molecule has 0 fully saturated rings. The maximum atomic E-state index is 12.8. The summed E-state index contributed by atoms with van der Waals surface area (Å²) in [6, 6.07) is 3.53. The van der Waals surface area contributed by atoms with E-state index < -0.39 is 23.1 Å². The van der Waals surface area contributed by atoms with Gasteiger partial charge in [-0.15, -0.1) is 0 Å². The SMILES string of the molecule is CC(Cc1ccc(F)cc1Cl)(C(N)=O)C(=O)O. The van der Waals surface area contributed by atoms with Gasteiger partial charge in [0.05, 0.1) is 0 Å². The second-order valence-electron chi connectivity index (χ2n) is 3.91. The Morgan fingerprint density at radius 3 is 2.53 bits per heavy atom. The molecule has 1 amide bonds. The Balaban J connectivity index is 3.11. The van der Waals surface area contributed by atoms with E-state index in [1.165, 1.54) is 13.0 Å². The topological polar surface area (TPSA) is 80.4 Å². The number of nitrogens with two attached hydrogens (primary N) is 1. The molecule has 1 aromatic carbocycles. The van der Waals surface area contributed by atoms with Crippen LogP contribution in [-0.4, -0.2) is 17.0 Å². The number of hydrogen-bond acceptors (Lipinski definition) is 2. The van der Waals surface area contributed by atoms with Crippen LogP contribution in [0.5, 0.6) is 0 Å². The molecule has 0 heterocycles. The lowest BCUT2D eigenvalue weighted by molar-refractivity contribution is -0.153. The number of benzene rings is 1. The van der Waals surface area contributed by atoms with Gasteiger partial charge >= 0.3 is 5.97 Å². The number of primary amides is 1. The zero-order chi connectivity index (χ0) is 13.2. The van der Waals surface area contributed by atoms with Crippen molar-refractivity contribution in [3.8, 4) is 0 Å². The molecule has 0 aliphatic heterocycles. The Bertz CT molecular complexity index is 462. The molecule has 0 spiro atoms. The summed E-state index contributed by atoms with van der Waals surface area (Å²) in [5.74, 6) is -2.84. The number of carboxylic acids is 1. The minimum absolute atomic E-state index is 0.0683. The van der Waals surface area contributed by atoms with Crippen molar-refractivity contribution in [3.63, 3.8) is 0 Å². The van der Waals surface area contributed by atoms with Crippen LogP contribution in [0.2, 0.25) is 5.02 Å². The summed E-state index contributed by atoms with van der Waals surface area (Å²) in [7, 11) is 0. The lowest BCUT2D eigenvalue weighted by atomic mass is 9.83. The second-order valence-corrected chi connectivity index (χ2v) is 4.32. The van der Waals surface area contributed by atoms with Crippen LogP contribution in [0.3, 0.4) is 0 Å². The van der Waals surface area contributed by atoms with Crippen LogP contribution in [0.25, 0.3) is 0 Å². The number of carbonyl (C=O) groups excluding carboxylic acids is 1. The molecule has 1 rings (SSSR count). The summed E-state index contributed by atoms with van der Waals surface area (Å²) < 4.78 is 12.8. The fraction of sp³-hybridized carbons (Fsp3) is 0.273. The normalized spacial score (nSPS) is 14.1. The largest absolute Gasteiger partial charge is 0.480 e. The lowest BCUT2D eigenvalue weighted by Crippen LogP contribution is -2.43. The van der Waals surface area contributed by atoms with Crippen LogP contribution in [0.1, 0.15) is 12.5 Å². The number of rotatable bonds is 4. The number of aliphatic carboxylic acids is 1. The van der Waals surface area contributed by atoms with Crippen LogP contribution in [-0.2, 0) is 16.0 Å². The van der Waals surface area contributed by atoms with E-state index in [0.29, 0.717) is 5.56 Å². The zero-order valence-corrected chi connectivity index (χ0v) is 9.79. The van der Waals surface area contributed by atoms with Gasteiger partial charge in [-0.05, 0) is 31.0 Å². The van der Waals surface area contributed by atoms with E-state index in [9.17, 15) is 14.0 Å². The molecule has 0 aromatic heterocycles. The third-order valence-corrected chi connectivity index (χ3v) is 2.93. The van der Waals surface area contributed by atoms with Gasteiger partial charge in [0.25, 0.3) is 0 Å². The van der Waals surface area contributed by atoms with Gasteiger partial charge in [0.2, 0.25) is 5.91 Å². The van der Waals surface area contributed by atoms with Crippen molar-refractivity contribution in [1.82, 2.24) is 0 Å². The zero-order valence-electron chi connectivity index (χ0n) is 9.04. The first-order valence-electron chi connectivity index (χ1n) is 4.74. The molecule has 17 heavy (non-hydrogen) atoms. The summed E-state index contributed by atoms with van der Waals surface area (Å²) in [6.07, 6.45) is -0.184. The van der Waals surface area contributed by atoms with Crippen molar-refractivity contribution in [3.05, 3.63) is 34.6 Å². The molecule has 0 saturated heterocycles. The highest BCUT2D eigenvalue weighted by Crippen LogP contribution is 2.27. The molecule has 1 aromatic rings. The first-order chi connectivity index (χ1) is 7.77. The van der Waals surface area contributed by atoms with Crippen LogP contribution in [0.15, 0.2) is 18.2 Å². The molecule has 4 nitrogen and oxygen atoms in total. The Morgan fingerprint density at radius 2 is 2.12 bits per heavy atom. The number of halogens is 2. The second kappa shape index (κ2) is 4.71. The summed E-state index contributed by atoms with van der Waals surface area (Å²) in [4.78, 5) is 22.2. The first kappa shape index (κ1) is 13.4. The Labute approximate surface area is 102 Å². The van der Waals surface area contributed by atoms with Crippen molar-refractivity contribution in [2.75, 3.05) is 0 Å². The highest BCUT2D eigenvalue weighted by atomic mass is 35.5. The first-order valence-corrected chi connectivity index (χ1v) is 5.12. The average molecular weight is 260 g/mol. The van der Waals surface area contributed by atoms with Gasteiger partial charge in [-0.3, -0.25) is 9.59 Å². The fourth-order valence-electron chi connectivity index (χ4n) is 1.31. The monoisotopic (exact) mass is 259 g/mol. The van der Waals surface area contributed by atoms with Gasteiger partial charge in [-0.2, -0.15) is 0 Å². The summed E-state index contributed by atoms with van der Waals surface area (Å²) in [6.45, 7) is 1.21. The number of amides is 1. The number of carbonyl (C=O) groups is 2. The van der Waals surface area contributed by atoms with Gasteiger partial charge in [0.15, 0.2) is 0 Å². The Morgan fingerprint density at radius 1 is 1.53 bits per heavy atom. The van der Waals surface area contributed by atoms with Crippen molar-refractivity contribution in [2.45, 2.75) is 13.3 Å². The third kappa shape index (κ3) is 2.74. The molecule has 1 unspecified atom stereocenters. The molecule has 6 heteroatoms. The molecular formula is C11H11ClFNO3. The third-order valence-electron chi connectivity index (χ3n) is 2.57. The van der Waals surface area contributed by atoms with E-state index in [1.54, 1.807) is 0 Å². The molecule has 0 aliphatic rings. The van der Waals surface area contributed by atoms with Crippen LogP contribution >= 0.6 is 11.6 Å². The number of carboxylic acid groups (broad SMARTS) is 1. The van der Waals surface area contributed by atoms with Crippen molar-refractivity contribution < 1.29 is 19.1 Å². The maximum absolute atomic E-state index is 12.8.